The normalized spacial score (nSPS) is 11.7. The molecule has 0 amide bonds. The number of aryl methyl sites for hydroxylation is 1. The van der Waals surface area contributed by atoms with Gasteiger partial charge in [-0.15, -0.1) is 0 Å². The van der Waals surface area contributed by atoms with Crippen molar-refractivity contribution in [3.63, 3.8) is 0 Å². The Balaban J connectivity index is 2.12. The minimum atomic E-state index is -3.75. The van der Waals surface area contributed by atoms with Gasteiger partial charge in [-0.3, -0.25) is 4.68 Å². The van der Waals surface area contributed by atoms with E-state index in [4.69, 9.17) is 5.73 Å². The molecule has 1 aromatic carbocycles. The van der Waals surface area contributed by atoms with Crippen molar-refractivity contribution >= 4 is 15.8 Å². The standard InChI is InChI=1S/C13H17FN4O2S/c1-2-7-18-9-12(13(15)17-18)21(19,20)16-8-10-3-5-11(14)6-4-10/h3-6,9,16H,2,7-8H2,1H3,(H2,15,17). The second kappa shape index (κ2) is 6.23. The highest BCUT2D eigenvalue weighted by Crippen LogP contribution is 2.16. The van der Waals surface area contributed by atoms with E-state index < -0.39 is 10.0 Å². The molecule has 2 rings (SSSR count). The molecular weight excluding hydrogens is 295 g/mol. The molecule has 6 nitrogen and oxygen atoms in total. The maximum Gasteiger partial charge on any atom is 0.246 e. The van der Waals surface area contributed by atoms with Crippen LogP contribution in [0.5, 0.6) is 0 Å². The van der Waals surface area contributed by atoms with Crippen LogP contribution in [0.1, 0.15) is 18.9 Å². The monoisotopic (exact) mass is 312 g/mol. The van der Waals surface area contributed by atoms with Crippen molar-refractivity contribution in [3.8, 4) is 0 Å². The van der Waals surface area contributed by atoms with E-state index in [-0.39, 0.29) is 23.1 Å². The molecule has 0 aliphatic rings. The first-order chi connectivity index (χ1) is 9.92. The Morgan fingerprint density at radius 1 is 1.33 bits per heavy atom. The average Bonchev–Trinajstić information content (AvgIpc) is 2.80. The molecular formula is C13H17FN4O2S. The lowest BCUT2D eigenvalue weighted by Gasteiger charge is -2.05. The van der Waals surface area contributed by atoms with E-state index >= 15 is 0 Å². The van der Waals surface area contributed by atoms with E-state index in [1.165, 1.54) is 35.1 Å². The van der Waals surface area contributed by atoms with Crippen LogP contribution in [0.2, 0.25) is 0 Å². The van der Waals surface area contributed by atoms with Gasteiger partial charge in [0.2, 0.25) is 10.0 Å². The minimum Gasteiger partial charge on any atom is -0.381 e. The summed E-state index contributed by atoms with van der Waals surface area (Å²) < 4.78 is 41.1. The number of sulfonamides is 1. The van der Waals surface area contributed by atoms with Crippen molar-refractivity contribution in [2.24, 2.45) is 0 Å². The van der Waals surface area contributed by atoms with Gasteiger partial charge < -0.3 is 5.73 Å². The van der Waals surface area contributed by atoms with Crippen LogP contribution in [0.3, 0.4) is 0 Å². The lowest BCUT2D eigenvalue weighted by molar-refractivity contribution is 0.579. The molecule has 21 heavy (non-hydrogen) atoms. The van der Waals surface area contributed by atoms with Gasteiger partial charge in [-0.25, -0.2) is 17.5 Å². The summed E-state index contributed by atoms with van der Waals surface area (Å²) in [7, 11) is -3.75. The van der Waals surface area contributed by atoms with Crippen LogP contribution in [0.15, 0.2) is 35.4 Å². The summed E-state index contributed by atoms with van der Waals surface area (Å²) in [6.07, 6.45) is 2.23. The fourth-order valence-corrected chi connectivity index (χ4v) is 2.92. The number of halogens is 1. The SMILES string of the molecule is CCCn1cc(S(=O)(=O)NCc2ccc(F)cc2)c(N)n1. The second-order valence-electron chi connectivity index (χ2n) is 4.59. The number of anilines is 1. The van der Waals surface area contributed by atoms with Crippen molar-refractivity contribution in [1.82, 2.24) is 14.5 Å². The fraction of sp³-hybridized carbons (Fsp3) is 0.308. The first-order valence-corrected chi connectivity index (χ1v) is 7.97. The summed E-state index contributed by atoms with van der Waals surface area (Å²) in [5, 5.41) is 3.96. The molecule has 0 fully saturated rings. The molecule has 0 aliphatic heterocycles. The van der Waals surface area contributed by atoms with Gasteiger partial charge in [0.15, 0.2) is 5.82 Å². The summed E-state index contributed by atoms with van der Waals surface area (Å²) >= 11 is 0. The Bertz CT molecular complexity index is 710. The summed E-state index contributed by atoms with van der Waals surface area (Å²) in [5.41, 5.74) is 6.30. The van der Waals surface area contributed by atoms with Gasteiger partial charge >= 0.3 is 0 Å². The van der Waals surface area contributed by atoms with Crippen LogP contribution in [-0.4, -0.2) is 18.2 Å². The molecule has 0 saturated carbocycles. The van der Waals surface area contributed by atoms with E-state index in [9.17, 15) is 12.8 Å². The van der Waals surface area contributed by atoms with Gasteiger partial charge in [-0.1, -0.05) is 19.1 Å². The fourth-order valence-electron chi connectivity index (χ4n) is 1.83. The van der Waals surface area contributed by atoms with E-state index in [0.717, 1.165) is 6.42 Å². The van der Waals surface area contributed by atoms with E-state index in [1.54, 1.807) is 0 Å². The Labute approximate surface area is 122 Å². The topological polar surface area (TPSA) is 90.0 Å². The molecule has 2 aromatic rings. The van der Waals surface area contributed by atoms with Crippen LogP contribution >= 0.6 is 0 Å². The molecule has 0 aliphatic carbocycles. The molecule has 3 N–H and O–H groups in total. The van der Waals surface area contributed by atoms with Crippen LogP contribution in [-0.2, 0) is 23.1 Å². The van der Waals surface area contributed by atoms with Crippen molar-refractivity contribution in [1.29, 1.82) is 0 Å². The average molecular weight is 312 g/mol. The lowest BCUT2D eigenvalue weighted by Crippen LogP contribution is -2.23. The number of nitrogens with zero attached hydrogens (tertiary/aromatic N) is 2. The molecule has 114 valence electrons. The molecule has 0 saturated heterocycles. The van der Waals surface area contributed by atoms with E-state index in [1.807, 2.05) is 6.92 Å². The van der Waals surface area contributed by atoms with Crippen molar-refractivity contribution < 1.29 is 12.8 Å². The Kier molecular flexibility index (Phi) is 4.59. The number of nitrogen functional groups attached to an aromatic ring is 1. The Hall–Kier alpha value is -1.93. The van der Waals surface area contributed by atoms with Gasteiger partial charge in [0.1, 0.15) is 10.7 Å². The van der Waals surface area contributed by atoms with E-state index in [2.05, 4.69) is 9.82 Å². The van der Waals surface area contributed by atoms with Gasteiger partial charge in [-0.2, -0.15) is 5.10 Å². The van der Waals surface area contributed by atoms with Gasteiger partial charge in [0.05, 0.1) is 0 Å². The van der Waals surface area contributed by atoms with Crippen molar-refractivity contribution in [2.75, 3.05) is 5.73 Å². The van der Waals surface area contributed by atoms with Gasteiger partial charge in [0, 0.05) is 19.3 Å². The molecule has 0 unspecified atom stereocenters. The maximum absolute atomic E-state index is 12.8. The molecule has 1 heterocycles. The van der Waals surface area contributed by atoms with Crippen LogP contribution < -0.4 is 10.5 Å². The molecule has 0 bridgehead atoms. The number of benzene rings is 1. The molecule has 0 radical (unpaired) electrons. The number of aromatic nitrogens is 2. The predicted molar refractivity (Wildman–Crippen MR) is 77.4 cm³/mol. The zero-order valence-corrected chi connectivity index (χ0v) is 12.4. The van der Waals surface area contributed by atoms with Crippen LogP contribution in [0.4, 0.5) is 10.2 Å². The highest BCUT2D eigenvalue weighted by Gasteiger charge is 2.20. The summed E-state index contributed by atoms with van der Waals surface area (Å²) in [5.74, 6) is -0.401. The van der Waals surface area contributed by atoms with Crippen LogP contribution in [0.25, 0.3) is 0 Å². The maximum atomic E-state index is 12.8. The Morgan fingerprint density at radius 3 is 2.62 bits per heavy atom. The number of hydrogen-bond acceptors (Lipinski definition) is 4. The summed E-state index contributed by atoms with van der Waals surface area (Å²) in [6, 6.07) is 5.58. The van der Waals surface area contributed by atoms with Crippen molar-refractivity contribution in [2.45, 2.75) is 31.3 Å². The second-order valence-corrected chi connectivity index (χ2v) is 6.33. The number of hydrogen-bond donors (Lipinski definition) is 2. The predicted octanol–water partition coefficient (Wildman–Crippen LogP) is 1.49. The largest absolute Gasteiger partial charge is 0.381 e. The number of nitrogens with one attached hydrogen (secondary N) is 1. The summed E-state index contributed by atoms with van der Waals surface area (Å²) in [6.45, 7) is 2.61. The molecule has 1 aromatic heterocycles. The van der Waals surface area contributed by atoms with E-state index in [0.29, 0.717) is 12.1 Å². The zero-order valence-electron chi connectivity index (χ0n) is 11.6. The van der Waals surface area contributed by atoms with Crippen molar-refractivity contribution in [3.05, 3.63) is 41.8 Å². The smallest absolute Gasteiger partial charge is 0.246 e. The summed E-state index contributed by atoms with van der Waals surface area (Å²) in [4.78, 5) is -0.0435. The first kappa shape index (κ1) is 15.5. The number of nitrogens with two attached hydrogens (primary N) is 1. The zero-order chi connectivity index (χ0) is 15.5. The third-order valence-electron chi connectivity index (χ3n) is 2.88. The number of rotatable bonds is 6. The molecule has 0 spiro atoms. The molecule has 0 atom stereocenters. The minimum absolute atomic E-state index is 0.0324. The first-order valence-electron chi connectivity index (χ1n) is 6.49. The third kappa shape index (κ3) is 3.79. The third-order valence-corrected chi connectivity index (χ3v) is 4.29. The van der Waals surface area contributed by atoms with Crippen LogP contribution in [0, 0.1) is 5.82 Å². The Morgan fingerprint density at radius 2 is 2.00 bits per heavy atom. The quantitative estimate of drug-likeness (QED) is 0.845. The van der Waals surface area contributed by atoms with Gasteiger partial charge in [-0.05, 0) is 24.1 Å². The van der Waals surface area contributed by atoms with Gasteiger partial charge in [0.25, 0.3) is 0 Å². The lowest BCUT2D eigenvalue weighted by atomic mass is 10.2. The molecule has 8 heteroatoms. The highest BCUT2D eigenvalue weighted by atomic mass is 32.2. The highest BCUT2D eigenvalue weighted by molar-refractivity contribution is 7.89.